The van der Waals surface area contributed by atoms with Crippen molar-refractivity contribution in [3.63, 3.8) is 0 Å². The van der Waals surface area contributed by atoms with E-state index < -0.39 is 0 Å². The van der Waals surface area contributed by atoms with Crippen molar-refractivity contribution in [2.45, 2.75) is 0 Å². The van der Waals surface area contributed by atoms with Gasteiger partial charge in [-0.25, -0.2) is 0 Å². The number of allylic oxidation sites excluding steroid dienone is 4. The molecule has 1 heteroatoms. The van der Waals surface area contributed by atoms with Crippen LogP contribution < -0.4 is 0 Å². The molecule has 41 heavy (non-hydrogen) atoms. The quantitative estimate of drug-likeness (QED) is 0.142. The second-order valence-corrected chi connectivity index (χ2v) is 9.95. The molecule has 0 amide bonds. The molecule has 0 bridgehead atoms. The first-order valence-electron chi connectivity index (χ1n) is 13.7. The van der Waals surface area contributed by atoms with Gasteiger partial charge in [0.1, 0.15) is 11.2 Å². The van der Waals surface area contributed by atoms with E-state index in [4.69, 9.17) is 4.42 Å². The maximum Gasteiger partial charge on any atom is 0.135 e. The molecule has 0 radical (unpaired) electrons. The van der Waals surface area contributed by atoms with E-state index in [-0.39, 0.29) is 0 Å². The Balaban J connectivity index is 1.22. The zero-order valence-electron chi connectivity index (χ0n) is 22.8. The third-order valence-electron chi connectivity index (χ3n) is 7.23. The molecule has 0 fully saturated rings. The van der Waals surface area contributed by atoms with E-state index in [1.165, 1.54) is 16.7 Å². The van der Waals surface area contributed by atoms with Gasteiger partial charge in [-0.1, -0.05) is 147 Å². The highest BCUT2D eigenvalue weighted by Crippen LogP contribution is 2.31. The maximum absolute atomic E-state index is 6.14. The molecular weight excluding hydrogens is 496 g/mol. The molecule has 5 aromatic carbocycles. The van der Waals surface area contributed by atoms with Crippen LogP contribution >= 0.6 is 0 Å². The summed E-state index contributed by atoms with van der Waals surface area (Å²) in [5.41, 5.74) is 11.0. The van der Waals surface area contributed by atoms with Crippen LogP contribution in [0.3, 0.4) is 0 Å². The van der Waals surface area contributed by atoms with E-state index in [0.717, 1.165) is 49.8 Å². The maximum atomic E-state index is 6.14. The second kappa shape index (κ2) is 11.8. The Morgan fingerprint density at radius 3 is 1.54 bits per heavy atom. The Morgan fingerprint density at radius 2 is 1.00 bits per heavy atom. The minimum absolute atomic E-state index is 0.894. The third-order valence-corrected chi connectivity index (χ3v) is 7.23. The van der Waals surface area contributed by atoms with Gasteiger partial charge in [-0.2, -0.15) is 0 Å². The zero-order chi connectivity index (χ0) is 28.0. The van der Waals surface area contributed by atoms with Crippen molar-refractivity contribution in [2.24, 2.45) is 0 Å². The Bertz CT molecular complexity index is 1930. The summed E-state index contributed by atoms with van der Waals surface area (Å²) in [5.74, 6) is 0. The third kappa shape index (κ3) is 5.80. The number of fused-ring (bicyclic) bond motifs is 3. The lowest BCUT2D eigenvalue weighted by Gasteiger charge is -2.02. The molecular formula is C40H30O. The van der Waals surface area contributed by atoms with Crippen LogP contribution in [0.15, 0.2) is 151 Å². The fourth-order valence-electron chi connectivity index (χ4n) is 5.02. The molecule has 0 spiro atoms. The summed E-state index contributed by atoms with van der Waals surface area (Å²) >= 11 is 0. The van der Waals surface area contributed by atoms with Crippen molar-refractivity contribution in [3.05, 3.63) is 174 Å². The zero-order valence-corrected chi connectivity index (χ0v) is 22.8. The number of furan rings is 1. The van der Waals surface area contributed by atoms with Crippen LogP contribution in [0.5, 0.6) is 0 Å². The number of hydrogen-bond acceptors (Lipinski definition) is 1. The van der Waals surface area contributed by atoms with E-state index in [0.29, 0.717) is 0 Å². The van der Waals surface area contributed by atoms with Gasteiger partial charge < -0.3 is 4.42 Å². The van der Waals surface area contributed by atoms with E-state index in [9.17, 15) is 0 Å². The lowest BCUT2D eigenvalue weighted by Crippen LogP contribution is -1.81. The molecule has 0 aliphatic heterocycles. The van der Waals surface area contributed by atoms with Crippen LogP contribution in [0.25, 0.3) is 62.9 Å². The monoisotopic (exact) mass is 526 g/mol. The molecule has 0 saturated heterocycles. The Kier molecular flexibility index (Phi) is 7.42. The average molecular weight is 527 g/mol. The fraction of sp³-hybridized carbons (Fsp3) is 0. The minimum atomic E-state index is 0.894. The SMILES string of the molecule is C=C/C=C(\C=C)c1ccc(/C=C/c2ccc3oc4ccc(/C=C/c5ccc(-c6ccccc6)cc5)cc4c3c2)cc1. The smallest absolute Gasteiger partial charge is 0.135 e. The van der Waals surface area contributed by atoms with E-state index in [1.807, 2.05) is 18.2 Å². The van der Waals surface area contributed by atoms with Crippen LogP contribution in [0.1, 0.15) is 27.8 Å². The van der Waals surface area contributed by atoms with Gasteiger partial charge in [0, 0.05) is 10.8 Å². The first kappa shape index (κ1) is 25.9. The summed E-state index contributed by atoms with van der Waals surface area (Å²) in [6.07, 6.45) is 14.2. The van der Waals surface area contributed by atoms with Crippen LogP contribution in [0.2, 0.25) is 0 Å². The summed E-state index contributed by atoms with van der Waals surface area (Å²) in [6.45, 7) is 7.68. The molecule has 0 aliphatic carbocycles. The molecule has 1 aromatic heterocycles. The fourth-order valence-corrected chi connectivity index (χ4v) is 5.02. The summed E-state index contributed by atoms with van der Waals surface area (Å²) < 4.78 is 6.14. The second-order valence-electron chi connectivity index (χ2n) is 9.95. The van der Waals surface area contributed by atoms with E-state index in [2.05, 4.69) is 147 Å². The van der Waals surface area contributed by atoms with Crippen LogP contribution in [0.4, 0.5) is 0 Å². The Labute approximate surface area is 241 Å². The molecule has 0 unspecified atom stereocenters. The number of hydrogen-bond donors (Lipinski definition) is 0. The van der Waals surface area contributed by atoms with Gasteiger partial charge in [-0.05, 0) is 68.8 Å². The van der Waals surface area contributed by atoms with Gasteiger partial charge in [-0.3, -0.25) is 0 Å². The molecule has 1 heterocycles. The molecule has 6 rings (SSSR count). The van der Waals surface area contributed by atoms with Gasteiger partial charge in [0.15, 0.2) is 0 Å². The van der Waals surface area contributed by atoms with Crippen molar-refractivity contribution >= 4 is 51.8 Å². The Morgan fingerprint density at radius 1 is 0.512 bits per heavy atom. The van der Waals surface area contributed by atoms with Crippen LogP contribution in [-0.2, 0) is 0 Å². The van der Waals surface area contributed by atoms with E-state index >= 15 is 0 Å². The van der Waals surface area contributed by atoms with Gasteiger partial charge in [-0.15, -0.1) is 0 Å². The molecule has 6 aromatic rings. The van der Waals surface area contributed by atoms with Gasteiger partial charge >= 0.3 is 0 Å². The lowest BCUT2D eigenvalue weighted by molar-refractivity contribution is 0.669. The highest BCUT2D eigenvalue weighted by Gasteiger charge is 2.08. The molecule has 0 saturated carbocycles. The van der Waals surface area contributed by atoms with E-state index in [1.54, 1.807) is 6.08 Å². The van der Waals surface area contributed by atoms with Crippen molar-refractivity contribution in [1.29, 1.82) is 0 Å². The molecule has 0 aliphatic rings. The highest BCUT2D eigenvalue weighted by atomic mass is 16.3. The topological polar surface area (TPSA) is 13.1 Å². The first-order chi connectivity index (χ1) is 20.2. The predicted octanol–water partition coefficient (Wildman–Crippen LogP) is 11.3. The first-order valence-corrected chi connectivity index (χ1v) is 13.7. The summed E-state index contributed by atoms with van der Waals surface area (Å²) in [7, 11) is 0. The van der Waals surface area contributed by atoms with Gasteiger partial charge in [0.2, 0.25) is 0 Å². The average Bonchev–Trinajstić information content (AvgIpc) is 3.40. The van der Waals surface area contributed by atoms with Crippen molar-refractivity contribution in [3.8, 4) is 11.1 Å². The lowest BCUT2D eigenvalue weighted by atomic mass is 10.0. The summed E-state index contributed by atoms with van der Waals surface area (Å²) in [5, 5.41) is 2.23. The van der Waals surface area contributed by atoms with Crippen molar-refractivity contribution < 1.29 is 4.42 Å². The standard InChI is InChI=1S/C40H30O/c1-3-8-33(4-2)35-21-15-29(16-22-35)11-13-31-19-25-39-37(27-31)38-28-32(20-26-40(38)41-39)14-12-30-17-23-36(24-18-30)34-9-6-5-7-10-34/h3-28H,1-2H2/b13-11+,14-12+,33-8+. The highest BCUT2D eigenvalue weighted by molar-refractivity contribution is 6.06. The number of rotatable bonds is 8. The summed E-state index contributed by atoms with van der Waals surface area (Å²) in [4.78, 5) is 0. The normalized spacial score (nSPS) is 12.0. The molecule has 0 N–H and O–H groups in total. The van der Waals surface area contributed by atoms with Crippen molar-refractivity contribution in [2.75, 3.05) is 0 Å². The molecule has 196 valence electrons. The van der Waals surface area contributed by atoms with Gasteiger partial charge in [0.25, 0.3) is 0 Å². The largest absolute Gasteiger partial charge is 0.456 e. The number of benzene rings is 5. The van der Waals surface area contributed by atoms with Gasteiger partial charge in [0.05, 0.1) is 0 Å². The summed E-state index contributed by atoms with van der Waals surface area (Å²) in [6, 6.07) is 40.3. The minimum Gasteiger partial charge on any atom is -0.456 e. The van der Waals surface area contributed by atoms with Crippen LogP contribution in [-0.4, -0.2) is 0 Å². The predicted molar refractivity (Wildman–Crippen MR) is 178 cm³/mol. The van der Waals surface area contributed by atoms with Crippen LogP contribution in [0, 0.1) is 0 Å². The Hall–Kier alpha value is -5.40. The van der Waals surface area contributed by atoms with Crippen molar-refractivity contribution in [1.82, 2.24) is 0 Å². The molecule has 1 nitrogen and oxygen atoms in total. The molecule has 0 atom stereocenters.